The first-order valence-corrected chi connectivity index (χ1v) is 7.06. The van der Waals surface area contributed by atoms with Gasteiger partial charge in [-0.1, -0.05) is 6.92 Å². The van der Waals surface area contributed by atoms with Crippen molar-refractivity contribution in [2.75, 3.05) is 7.11 Å². The van der Waals surface area contributed by atoms with E-state index in [1.165, 1.54) is 7.11 Å². The van der Waals surface area contributed by atoms with Gasteiger partial charge in [0, 0.05) is 18.8 Å². The topological polar surface area (TPSA) is 97.2 Å². The quantitative estimate of drug-likeness (QED) is 0.797. The van der Waals surface area contributed by atoms with E-state index in [1.54, 1.807) is 30.0 Å². The van der Waals surface area contributed by atoms with Gasteiger partial charge in [0.25, 0.3) is 0 Å². The van der Waals surface area contributed by atoms with Gasteiger partial charge in [-0.25, -0.2) is 9.78 Å². The number of aliphatic carboxylic acids is 1. The van der Waals surface area contributed by atoms with Gasteiger partial charge in [-0.2, -0.15) is 0 Å². The van der Waals surface area contributed by atoms with E-state index in [9.17, 15) is 9.59 Å². The van der Waals surface area contributed by atoms with Crippen molar-refractivity contribution < 1.29 is 19.4 Å². The Kier molecular flexibility index (Phi) is 4.65. The van der Waals surface area contributed by atoms with E-state index in [2.05, 4.69) is 9.97 Å². The summed E-state index contributed by atoms with van der Waals surface area (Å²) >= 11 is 0. The molecule has 0 aromatic carbocycles. The zero-order valence-electron chi connectivity index (χ0n) is 12.8. The lowest BCUT2D eigenvalue weighted by Crippen LogP contribution is -2.08. The van der Waals surface area contributed by atoms with Gasteiger partial charge < -0.3 is 19.4 Å². The maximum absolute atomic E-state index is 11.9. The molecule has 0 aliphatic heterocycles. The molecule has 0 amide bonds. The predicted octanol–water partition coefficient (Wildman–Crippen LogP) is 2.13. The van der Waals surface area contributed by atoms with Crippen molar-refractivity contribution in [3.63, 3.8) is 0 Å². The monoisotopic (exact) mass is 305 g/mol. The molecule has 0 bridgehead atoms. The Morgan fingerprint density at radius 2 is 2.23 bits per heavy atom. The predicted molar refractivity (Wildman–Crippen MR) is 79.3 cm³/mol. The highest BCUT2D eigenvalue weighted by Crippen LogP contribution is 2.20. The lowest BCUT2D eigenvalue weighted by molar-refractivity contribution is -0.138. The number of carbonyl (C=O) groups excluding carboxylic acids is 1. The Hall–Kier alpha value is -2.57. The maximum atomic E-state index is 11.9. The summed E-state index contributed by atoms with van der Waals surface area (Å²) in [6.45, 7) is 3.62. The van der Waals surface area contributed by atoms with Crippen LogP contribution in [0.1, 0.15) is 48.1 Å². The van der Waals surface area contributed by atoms with Crippen molar-refractivity contribution in [2.45, 2.75) is 32.6 Å². The van der Waals surface area contributed by atoms with E-state index in [0.717, 1.165) is 6.42 Å². The van der Waals surface area contributed by atoms with E-state index < -0.39 is 17.9 Å². The Bertz CT molecular complexity index is 687. The molecule has 2 aromatic rings. The fraction of sp³-hybridized carbons (Fsp3) is 0.400. The number of carboxylic acid groups (broad SMARTS) is 1. The molecule has 2 heterocycles. The summed E-state index contributed by atoms with van der Waals surface area (Å²) in [4.78, 5) is 30.3. The fourth-order valence-electron chi connectivity index (χ4n) is 2.14. The van der Waals surface area contributed by atoms with Crippen molar-refractivity contribution in [3.05, 3.63) is 35.5 Å². The molecule has 0 fully saturated rings. The number of aromatic amines is 1. The molecule has 0 radical (unpaired) electrons. The number of esters is 1. The number of nitrogens with one attached hydrogen (secondary N) is 1. The van der Waals surface area contributed by atoms with Crippen molar-refractivity contribution in [3.8, 4) is 5.82 Å². The largest absolute Gasteiger partial charge is 0.481 e. The number of hydrogen-bond acceptors (Lipinski definition) is 4. The van der Waals surface area contributed by atoms with E-state index in [4.69, 9.17) is 9.84 Å². The highest BCUT2D eigenvalue weighted by Gasteiger charge is 2.21. The van der Waals surface area contributed by atoms with Gasteiger partial charge >= 0.3 is 11.9 Å². The number of aryl methyl sites for hydroxylation is 1. The second-order valence-corrected chi connectivity index (χ2v) is 5.04. The van der Waals surface area contributed by atoms with Gasteiger partial charge in [0.05, 0.1) is 13.0 Å². The molecule has 0 spiro atoms. The molecule has 7 heteroatoms. The van der Waals surface area contributed by atoms with E-state index in [1.807, 2.05) is 6.92 Å². The van der Waals surface area contributed by atoms with Crippen LogP contribution in [0, 0.1) is 0 Å². The summed E-state index contributed by atoms with van der Waals surface area (Å²) in [6, 6.07) is 1.70. The third-order valence-electron chi connectivity index (χ3n) is 3.44. The number of imidazole rings is 1. The Balaban J connectivity index is 2.42. The summed E-state index contributed by atoms with van der Waals surface area (Å²) < 4.78 is 6.40. The highest BCUT2D eigenvalue weighted by molar-refractivity contribution is 5.90. The zero-order valence-corrected chi connectivity index (χ0v) is 12.8. The van der Waals surface area contributed by atoms with E-state index >= 15 is 0 Å². The molecule has 7 nitrogen and oxygen atoms in total. The number of carbonyl (C=O) groups is 2. The van der Waals surface area contributed by atoms with Gasteiger partial charge in [-0.3, -0.25) is 4.79 Å². The Morgan fingerprint density at radius 3 is 2.82 bits per heavy atom. The number of methoxy groups -OCH3 is 1. The van der Waals surface area contributed by atoms with Crippen LogP contribution in [0.15, 0.2) is 18.5 Å². The first kappa shape index (κ1) is 15.8. The second-order valence-electron chi connectivity index (χ2n) is 5.04. The average molecular weight is 305 g/mol. The molecule has 0 aliphatic carbocycles. The molecule has 1 unspecified atom stereocenters. The Labute approximate surface area is 127 Å². The number of rotatable bonds is 6. The highest BCUT2D eigenvalue weighted by atomic mass is 16.5. The number of H-pyrrole nitrogens is 1. The van der Waals surface area contributed by atoms with Crippen molar-refractivity contribution >= 4 is 11.9 Å². The molecular weight excluding hydrogens is 286 g/mol. The third kappa shape index (κ3) is 3.03. The van der Waals surface area contributed by atoms with Crippen LogP contribution >= 0.6 is 0 Å². The van der Waals surface area contributed by atoms with Crippen LogP contribution in [0.2, 0.25) is 0 Å². The summed E-state index contributed by atoms with van der Waals surface area (Å²) in [5.41, 5.74) is 0.902. The number of hydrogen-bond donors (Lipinski definition) is 2. The number of ether oxygens (including phenoxy) is 1. The normalized spacial score (nSPS) is 12.1. The van der Waals surface area contributed by atoms with Gasteiger partial charge in [-0.15, -0.1) is 0 Å². The van der Waals surface area contributed by atoms with Crippen LogP contribution in [-0.2, 0) is 16.0 Å². The SMILES string of the molecule is CCCc1nc(-n2ccc(C(C)C(=O)O)c2)c(C(=O)OC)[nH]1. The lowest BCUT2D eigenvalue weighted by Gasteiger charge is -2.03. The molecule has 2 N–H and O–H groups in total. The first-order chi connectivity index (χ1) is 10.5. The minimum atomic E-state index is -0.903. The van der Waals surface area contributed by atoms with Crippen molar-refractivity contribution in [2.24, 2.45) is 0 Å². The molecule has 118 valence electrons. The molecule has 2 rings (SSSR count). The molecule has 0 saturated carbocycles. The van der Waals surface area contributed by atoms with E-state index in [0.29, 0.717) is 23.6 Å². The van der Waals surface area contributed by atoms with Gasteiger partial charge in [-0.05, 0) is 25.0 Å². The number of carboxylic acids is 1. The summed E-state index contributed by atoms with van der Waals surface area (Å²) in [5.74, 6) is -0.929. The van der Waals surface area contributed by atoms with Crippen LogP contribution in [0.5, 0.6) is 0 Å². The standard InChI is InChI=1S/C15H19N3O4/c1-4-5-11-16-12(15(21)22-3)13(17-11)18-7-6-10(8-18)9(2)14(19)20/h6-9H,4-5H2,1-3H3,(H,16,17)(H,19,20). The molecule has 0 aliphatic rings. The van der Waals surface area contributed by atoms with Crippen molar-refractivity contribution in [1.82, 2.24) is 14.5 Å². The summed E-state index contributed by atoms with van der Waals surface area (Å²) in [5, 5.41) is 9.07. The van der Waals surface area contributed by atoms with Crippen LogP contribution < -0.4 is 0 Å². The molecule has 22 heavy (non-hydrogen) atoms. The molecule has 2 aromatic heterocycles. The van der Waals surface area contributed by atoms with Crippen LogP contribution in [0.4, 0.5) is 0 Å². The molecule has 0 saturated heterocycles. The minimum Gasteiger partial charge on any atom is -0.481 e. The minimum absolute atomic E-state index is 0.260. The summed E-state index contributed by atoms with van der Waals surface area (Å²) in [6.07, 6.45) is 4.95. The van der Waals surface area contributed by atoms with E-state index in [-0.39, 0.29) is 5.69 Å². The third-order valence-corrected chi connectivity index (χ3v) is 3.44. The lowest BCUT2D eigenvalue weighted by atomic mass is 10.1. The van der Waals surface area contributed by atoms with Gasteiger partial charge in [0.1, 0.15) is 5.82 Å². The second kappa shape index (κ2) is 6.46. The maximum Gasteiger partial charge on any atom is 0.358 e. The van der Waals surface area contributed by atoms with Gasteiger partial charge in [0.15, 0.2) is 11.5 Å². The summed E-state index contributed by atoms with van der Waals surface area (Å²) in [7, 11) is 1.31. The van der Waals surface area contributed by atoms with Crippen LogP contribution in [0.25, 0.3) is 5.82 Å². The first-order valence-electron chi connectivity index (χ1n) is 7.06. The van der Waals surface area contributed by atoms with Gasteiger partial charge in [0.2, 0.25) is 0 Å². The van der Waals surface area contributed by atoms with Crippen molar-refractivity contribution in [1.29, 1.82) is 0 Å². The fourth-order valence-corrected chi connectivity index (χ4v) is 2.14. The molecular formula is C15H19N3O4. The molecule has 1 atom stereocenters. The smallest absolute Gasteiger partial charge is 0.358 e. The zero-order chi connectivity index (χ0) is 16.3. The van der Waals surface area contributed by atoms with Crippen LogP contribution in [0.3, 0.4) is 0 Å². The number of aromatic nitrogens is 3. The Morgan fingerprint density at radius 1 is 1.50 bits per heavy atom. The van der Waals surface area contributed by atoms with Crippen LogP contribution in [-0.4, -0.2) is 38.7 Å². The number of nitrogens with zero attached hydrogens (tertiary/aromatic N) is 2. The average Bonchev–Trinajstić information content (AvgIpc) is 3.12.